The molecule has 0 spiro atoms. The van der Waals surface area contributed by atoms with E-state index in [4.69, 9.17) is 9.47 Å². The van der Waals surface area contributed by atoms with Crippen LogP contribution >= 0.6 is 0 Å². The molecule has 2 aliphatic carbocycles. The molecule has 0 aromatic rings. The summed E-state index contributed by atoms with van der Waals surface area (Å²) in [5.41, 5.74) is 0. The van der Waals surface area contributed by atoms with Crippen molar-refractivity contribution in [2.75, 3.05) is 13.2 Å². The molecule has 16 heavy (non-hydrogen) atoms. The number of rotatable bonds is 1. The standard InChI is InChI=1S/C14H22O2/c1-2-12-4-9(1)6-14(16-12)13-5-10-3-11(13)8-15-7-10/h9-14H,1-8H2. The summed E-state index contributed by atoms with van der Waals surface area (Å²) >= 11 is 0. The lowest BCUT2D eigenvalue weighted by Crippen LogP contribution is -2.35. The fraction of sp³-hybridized carbons (Fsp3) is 1.00. The Kier molecular flexibility index (Phi) is 2.29. The quantitative estimate of drug-likeness (QED) is 0.679. The van der Waals surface area contributed by atoms with E-state index in [1.165, 1.54) is 38.5 Å². The van der Waals surface area contributed by atoms with Crippen molar-refractivity contribution < 1.29 is 9.47 Å². The summed E-state index contributed by atoms with van der Waals surface area (Å²) in [5, 5.41) is 0. The molecule has 4 aliphatic rings. The van der Waals surface area contributed by atoms with Crippen LogP contribution in [0.25, 0.3) is 0 Å². The smallest absolute Gasteiger partial charge is 0.0613 e. The van der Waals surface area contributed by atoms with Crippen LogP contribution in [0.3, 0.4) is 0 Å². The maximum atomic E-state index is 6.31. The van der Waals surface area contributed by atoms with Gasteiger partial charge in [0.1, 0.15) is 0 Å². The average molecular weight is 222 g/mol. The minimum atomic E-state index is 0.586. The number of ether oxygens (including phenoxy) is 2. The first-order valence-electron chi connectivity index (χ1n) is 7.11. The lowest BCUT2D eigenvalue weighted by atomic mass is 9.84. The van der Waals surface area contributed by atoms with Gasteiger partial charge in [-0.2, -0.15) is 0 Å². The minimum absolute atomic E-state index is 0.586. The highest BCUT2D eigenvalue weighted by molar-refractivity contribution is 4.95. The summed E-state index contributed by atoms with van der Waals surface area (Å²) in [7, 11) is 0. The van der Waals surface area contributed by atoms with Crippen molar-refractivity contribution >= 4 is 0 Å². The summed E-state index contributed by atoms with van der Waals surface area (Å²) in [4.78, 5) is 0. The van der Waals surface area contributed by atoms with Crippen LogP contribution in [0.5, 0.6) is 0 Å². The van der Waals surface area contributed by atoms with E-state index in [0.29, 0.717) is 12.2 Å². The van der Waals surface area contributed by atoms with E-state index in [2.05, 4.69) is 0 Å². The fourth-order valence-electron chi connectivity index (χ4n) is 4.72. The highest BCUT2D eigenvalue weighted by Crippen LogP contribution is 2.48. The molecule has 90 valence electrons. The van der Waals surface area contributed by atoms with E-state index in [1.807, 2.05) is 0 Å². The molecule has 2 heterocycles. The predicted molar refractivity (Wildman–Crippen MR) is 61.1 cm³/mol. The number of hydrogen-bond donors (Lipinski definition) is 0. The molecule has 4 rings (SSSR count). The second-order valence-corrected chi connectivity index (χ2v) is 6.51. The maximum Gasteiger partial charge on any atom is 0.0613 e. The molecule has 6 atom stereocenters. The van der Waals surface area contributed by atoms with Gasteiger partial charge in [0.25, 0.3) is 0 Å². The minimum Gasteiger partial charge on any atom is -0.381 e. The van der Waals surface area contributed by atoms with Gasteiger partial charge >= 0.3 is 0 Å². The van der Waals surface area contributed by atoms with Gasteiger partial charge in [-0.15, -0.1) is 0 Å². The molecule has 0 amide bonds. The Balaban J connectivity index is 1.49. The third kappa shape index (κ3) is 1.53. The van der Waals surface area contributed by atoms with Crippen LogP contribution in [-0.2, 0) is 9.47 Å². The monoisotopic (exact) mass is 222 g/mol. The second kappa shape index (κ2) is 3.71. The van der Waals surface area contributed by atoms with Crippen molar-refractivity contribution in [3.63, 3.8) is 0 Å². The van der Waals surface area contributed by atoms with Crippen LogP contribution in [0.1, 0.15) is 38.5 Å². The van der Waals surface area contributed by atoms with E-state index in [1.54, 1.807) is 0 Å². The first-order valence-corrected chi connectivity index (χ1v) is 7.11. The molecule has 2 saturated carbocycles. The fourth-order valence-corrected chi connectivity index (χ4v) is 4.72. The molecule has 0 radical (unpaired) electrons. The predicted octanol–water partition coefficient (Wildman–Crippen LogP) is 2.62. The van der Waals surface area contributed by atoms with Gasteiger partial charge in [-0.1, -0.05) is 0 Å². The molecular weight excluding hydrogens is 200 g/mol. The van der Waals surface area contributed by atoms with Crippen molar-refractivity contribution in [3.8, 4) is 0 Å². The van der Waals surface area contributed by atoms with Gasteiger partial charge in [0.05, 0.1) is 12.2 Å². The molecule has 0 aromatic carbocycles. The average Bonchev–Trinajstić information content (AvgIpc) is 2.79. The molecule has 2 aliphatic heterocycles. The molecule has 6 unspecified atom stereocenters. The van der Waals surface area contributed by atoms with Crippen LogP contribution < -0.4 is 0 Å². The van der Waals surface area contributed by atoms with Gasteiger partial charge in [0.2, 0.25) is 0 Å². The van der Waals surface area contributed by atoms with Crippen LogP contribution in [0.15, 0.2) is 0 Å². The topological polar surface area (TPSA) is 18.5 Å². The summed E-state index contributed by atoms with van der Waals surface area (Å²) in [6, 6.07) is 0. The van der Waals surface area contributed by atoms with Gasteiger partial charge in [-0.25, -0.2) is 0 Å². The molecule has 0 N–H and O–H groups in total. The first-order chi connectivity index (χ1) is 7.88. The summed E-state index contributed by atoms with van der Waals surface area (Å²) in [6.07, 6.45) is 9.47. The lowest BCUT2D eigenvalue weighted by Gasteiger charge is -2.35. The van der Waals surface area contributed by atoms with Crippen LogP contribution in [0.2, 0.25) is 0 Å². The van der Waals surface area contributed by atoms with Gasteiger partial charge in [-0.3, -0.25) is 0 Å². The van der Waals surface area contributed by atoms with Crippen molar-refractivity contribution in [2.24, 2.45) is 23.7 Å². The molecule has 2 nitrogen and oxygen atoms in total. The summed E-state index contributed by atoms with van der Waals surface area (Å²) in [5.74, 6) is 3.49. The van der Waals surface area contributed by atoms with E-state index in [0.717, 1.165) is 36.9 Å². The lowest BCUT2D eigenvalue weighted by molar-refractivity contribution is -0.0834. The first kappa shape index (κ1) is 9.90. The zero-order valence-electron chi connectivity index (χ0n) is 9.94. The second-order valence-electron chi connectivity index (χ2n) is 6.51. The summed E-state index contributed by atoms with van der Waals surface area (Å²) in [6.45, 7) is 2.03. The Morgan fingerprint density at radius 1 is 0.812 bits per heavy atom. The molecule has 2 heteroatoms. The molecule has 4 bridgehead atoms. The zero-order valence-corrected chi connectivity index (χ0v) is 9.94. The van der Waals surface area contributed by atoms with Crippen molar-refractivity contribution in [1.82, 2.24) is 0 Å². The largest absolute Gasteiger partial charge is 0.381 e. The van der Waals surface area contributed by atoms with E-state index >= 15 is 0 Å². The maximum absolute atomic E-state index is 6.31. The van der Waals surface area contributed by atoms with Gasteiger partial charge in [0, 0.05) is 13.2 Å². The molecule has 0 aromatic heterocycles. The number of hydrogen-bond acceptors (Lipinski definition) is 2. The highest BCUT2D eigenvalue weighted by atomic mass is 16.5. The van der Waals surface area contributed by atoms with Gasteiger partial charge in [0.15, 0.2) is 0 Å². The molecular formula is C14H22O2. The Morgan fingerprint density at radius 2 is 1.81 bits per heavy atom. The van der Waals surface area contributed by atoms with E-state index in [9.17, 15) is 0 Å². The third-order valence-electron chi connectivity index (χ3n) is 5.44. The SMILES string of the molecule is C1CC2CC1CC(C1CC3COCC1C3)O2. The number of fused-ring (bicyclic) bond motifs is 4. The van der Waals surface area contributed by atoms with Gasteiger partial charge in [-0.05, 0) is 62.2 Å². The van der Waals surface area contributed by atoms with Crippen LogP contribution in [0, 0.1) is 23.7 Å². The normalized spacial score (nSPS) is 55.5. The van der Waals surface area contributed by atoms with Crippen molar-refractivity contribution in [1.29, 1.82) is 0 Å². The van der Waals surface area contributed by atoms with Crippen LogP contribution in [-0.4, -0.2) is 25.4 Å². The summed E-state index contributed by atoms with van der Waals surface area (Å²) < 4.78 is 12.0. The van der Waals surface area contributed by atoms with E-state index in [-0.39, 0.29) is 0 Å². The highest BCUT2D eigenvalue weighted by Gasteiger charge is 2.46. The Morgan fingerprint density at radius 3 is 2.69 bits per heavy atom. The zero-order chi connectivity index (χ0) is 10.5. The van der Waals surface area contributed by atoms with Crippen molar-refractivity contribution in [3.05, 3.63) is 0 Å². The molecule has 2 saturated heterocycles. The van der Waals surface area contributed by atoms with Gasteiger partial charge < -0.3 is 9.47 Å². The Bertz CT molecular complexity index is 266. The Labute approximate surface area is 97.7 Å². The van der Waals surface area contributed by atoms with Crippen molar-refractivity contribution in [2.45, 2.75) is 50.7 Å². The Hall–Kier alpha value is -0.0800. The van der Waals surface area contributed by atoms with E-state index < -0.39 is 0 Å². The van der Waals surface area contributed by atoms with Crippen LogP contribution in [0.4, 0.5) is 0 Å². The molecule has 4 fully saturated rings. The third-order valence-corrected chi connectivity index (χ3v) is 5.44.